The predicted molar refractivity (Wildman–Crippen MR) is 109 cm³/mol. The van der Waals surface area contributed by atoms with Crippen LogP contribution in [0.4, 0.5) is 11.4 Å². The highest BCUT2D eigenvalue weighted by Gasteiger charge is 2.25. The zero-order valence-electron chi connectivity index (χ0n) is 15.4. The number of halogens is 1. The largest absolute Gasteiger partial charge is 0.326 e. The van der Waals surface area contributed by atoms with Crippen LogP contribution in [-0.4, -0.2) is 29.8 Å². The molecule has 1 fully saturated rings. The summed E-state index contributed by atoms with van der Waals surface area (Å²) in [5, 5.41) is 6.44. The molecule has 0 saturated carbocycles. The minimum Gasteiger partial charge on any atom is -0.326 e. The molecule has 142 valence electrons. The van der Waals surface area contributed by atoms with Gasteiger partial charge in [-0.1, -0.05) is 29.8 Å². The van der Waals surface area contributed by atoms with Gasteiger partial charge in [0.1, 0.15) is 0 Å². The monoisotopic (exact) mass is 385 g/mol. The highest BCUT2D eigenvalue weighted by molar-refractivity contribution is 6.30. The Balaban J connectivity index is 1.58. The molecule has 2 aromatic rings. The Kier molecular flexibility index (Phi) is 6.48. The molecule has 0 radical (unpaired) electrons. The van der Waals surface area contributed by atoms with E-state index in [1.54, 1.807) is 12.1 Å². The van der Waals surface area contributed by atoms with Crippen LogP contribution in [0.2, 0.25) is 5.02 Å². The van der Waals surface area contributed by atoms with Crippen molar-refractivity contribution in [2.75, 3.05) is 23.7 Å². The Labute approximate surface area is 164 Å². The number of piperidine rings is 1. The molecule has 2 aromatic carbocycles. The number of carbonyl (C=O) groups is 2. The van der Waals surface area contributed by atoms with Crippen molar-refractivity contribution in [2.24, 2.45) is 5.92 Å². The van der Waals surface area contributed by atoms with E-state index in [9.17, 15) is 9.59 Å². The average molecular weight is 386 g/mol. The molecular weight excluding hydrogens is 362 g/mol. The number of likely N-dealkylation sites (tertiary alicyclic amines) is 1. The molecule has 6 heteroatoms. The molecule has 3 rings (SSSR count). The minimum absolute atomic E-state index is 0.0239. The number of carbonyl (C=O) groups excluding carboxylic acids is 2. The third-order valence-electron chi connectivity index (χ3n) is 4.65. The molecule has 0 aliphatic carbocycles. The molecule has 1 atom stereocenters. The lowest BCUT2D eigenvalue weighted by Gasteiger charge is -2.32. The predicted octanol–water partition coefficient (Wildman–Crippen LogP) is 4.15. The molecule has 1 saturated heterocycles. The summed E-state index contributed by atoms with van der Waals surface area (Å²) in [6.45, 7) is 4.01. The number of rotatable bonds is 5. The molecule has 1 heterocycles. The van der Waals surface area contributed by atoms with Crippen molar-refractivity contribution in [3.8, 4) is 0 Å². The minimum atomic E-state index is -0.136. The molecule has 2 amide bonds. The molecule has 2 N–H and O–H groups in total. The smallest absolute Gasteiger partial charge is 0.228 e. The Morgan fingerprint density at radius 3 is 2.52 bits per heavy atom. The maximum atomic E-state index is 12.7. The van der Waals surface area contributed by atoms with Crippen molar-refractivity contribution < 1.29 is 9.59 Å². The van der Waals surface area contributed by atoms with E-state index in [1.165, 1.54) is 12.5 Å². The summed E-state index contributed by atoms with van der Waals surface area (Å²) in [5.41, 5.74) is 2.57. The second-order valence-corrected chi connectivity index (χ2v) is 7.39. The van der Waals surface area contributed by atoms with E-state index in [4.69, 9.17) is 11.6 Å². The molecule has 1 aliphatic heterocycles. The van der Waals surface area contributed by atoms with Crippen molar-refractivity contribution in [3.63, 3.8) is 0 Å². The Morgan fingerprint density at radius 2 is 1.81 bits per heavy atom. The van der Waals surface area contributed by atoms with Gasteiger partial charge in [0.05, 0.1) is 5.92 Å². The first-order valence-corrected chi connectivity index (χ1v) is 9.53. The van der Waals surface area contributed by atoms with Gasteiger partial charge in [0.15, 0.2) is 0 Å². The SMILES string of the molecule is CC(=O)Nc1cccc(NC(=O)[C@H]2CCCN(Cc3ccc(Cl)cc3)C2)c1. The van der Waals surface area contributed by atoms with E-state index in [1.807, 2.05) is 36.4 Å². The van der Waals surface area contributed by atoms with Crippen molar-refractivity contribution >= 4 is 34.8 Å². The van der Waals surface area contributed by atoms with Crippen molar-refractivity contribution in [1.82, 2.24) is 4.90 Å². The van der Waals surface area contributed by atoms with E-state index < -0.39 is 0 Å². The lowest BCUT2D eigenvalue weighted by molar-refractivity contribution is -0.121. The number of hydrogen-bond acceptors (Lipinski definition) is 3. The highest BCUT2D eigenvalue weighted by Crippen LogP contribution is 2.22. The zero-order valence-corrected chi connectivity index (χ0v) is 16.1. The summed E-state index contributed by atoms with van der Waals surface area (Å²) in [6.07, 6.45) is 1.88. The first kappa shape index (κ1) is 19.4. The fourth-order valence-electron chi connectivity index (χ4n) is 3.38. The second kappa shape index (κ2) is 9.02. The van der Waals surface area contributed by atoms with Crippen LogP contribution in [0.5, 0.6) is 0 Å². The van der Waals surface area contributed by atoms with Crippen LogP contribution >= 0.6 is 11.6 Å². The Morgan fingerprint density at radius 1 is 1.11 bits per heavy atom. The quantitative estimate of drug-likeness (QED) is 0.812. The van der Waals surface area contributed by atoms with Gasteiger partial charge in [-0.25, -0.2) is 0 Å². The summed E-state index contributed by atoms with van der Waals surface area (Å²) < 4.78 is 0. The molecular formula is C21H24ClN3O2. The van der Waals surface area contributed by atoms with Crippen LogP contribution in [0.3, 0.4) is 0 Å². The van der Waals surface area contributed by atoms with Crippen LogP contribution in [0, 0.1) is 5.92 Å². The summed E-state index contributed by atoms with van der Waals surface area (Å²) in [5.74, 6) is -0.158. The van der Waals surface area contributed by atoms with Crippen molar-refractivity contribution in [1.29, 1.82) is 0 Å². The number of benzene rings is 2. The third kappa shape index (κ3) is 5.81. The van der Waals surface area contributed by atoms with Crippen LogP contribution in [0.25, 0.3) is 0 Å². The van der Waals surface area contributed by atoms with Gasteiger partial charge in [-0.15, -0.1) is 0 Å². The van der Waals surface area contributed by atoms with Crippen LogP contribution in [0.15, 0.2) is 48.5 Å². The van der Waals surface area contributed by atoms with E-state index >= 15 is 0 Å². The molecule has 0 bridgehead atoms. The van der Waals surface area contributed by atoms with Gasteiger partial charge in [-0.3, -0.25) is 14.5 Å². The number of nitrogens with zero attached hydrogens (tertiary/aromatic N) is 1. The number of nitrogens with one attached hydrogen (secondary N) is 2. The third-order valence-corrected chi connectivity index (χ3v) is 4.90. The van der Waals surface area contributed by atoms with E-state index in [-0.39, 0.29) is 17.7 Å². The zero-order chi connectivity index (χ0) is 19.2. The summed E-state index contributed by atoms with van der Waals surface area (Å²) in [6, 6.07) is 15.1. The van der Waals surface area contributed by atoms with Gasteiger partial charge in [0, 0.05) is 36.4 Å². The van der Waals surface area contributed by atoms with Crippen molar-refractivity contribution in [2.45, 2.75) is 26.3 Å². The van der Waals surface area contributed by atoms with E-state index in [2.05, 4.69) is 15.5 Å². The Hall–Kier alpha value is -2.37. The second-order valence-electron chi connectivity index (χ2n) is 6.95. The topological polar surface area (TPSA) is 61.4 Å². The molecule has 0 spiro atoms. The maximum absolute atomic E-state index is 12.7. The molecule has 1 aliphatic rings. The van der Waals surface area contributed by atoms with Gasteiger partial charge in [-0.2, -0.15) is 0 Å². The lowest BCUT2D eigenvalue weighted by atomic mass is 9.96. The Bertz CT molecular complexity index is 807. The molecule has 0 aromatic heterocycles. The number of amides is 2. The van der Waals surface area contributed by atoms with E-state index in [0.717, 1.165) is 37.5 Å². The summed E-state index contributed by atoms with van der Waals surface area (Å²) in [4.78, 5) is 26.2. The van der Waals surface area contributed by atoms with Crippen molar-refractivity contribution in [3.05, 3.63) is 59.1 Å². The number of hydrogen-bond donors (Lipinski definition) is 2. The summed E-state index contributed by atoms with van der Waals surface area (Å²) >= 11 is 5.95. The molecule has 0 unspecified atom stereocenters. The first-order chi connectivity index (χ1) is 13.0. The fraction of sp³-hybridized carbons (Fsp3) is 0.333. The van der Waals surface area contributed by atoms with Gasteiger partial charge < -0.3 is 10.6 Å². The fourth-order valence-corrected chi connectivity index (χ4v) is 3.51. The summed E-state index contributed by atoms with van der Waals surface area (Å²) in [7, 11) is 0. The van der Waals surface area contributed by atoms with Gasteiger partial charge in [0.25, 0.3) is 0 Å². The van der Waals surface area contributed by atoms with Gasteiger partial charge in [0.2, 0.25) is 11.8 Å². The molecule has 27 heavy (non-hydrogen) atoms. The van der Waals surface area contributed by atoms with Crippen LogP contribution < -0.4 is 10.6 Å². The standard InChI is InChI=1S/C21H24ClN3O2/c1-15(26)23-19-5-2-6-20(12-19)24-21(27)17-4-3-11-25(14-17)13-16-7-9-18(22)10-8-16/h2,5-10,12,17H,3-4,11,13-14H2,1H3,(H,23,26)(H,24,27)/t17-/m0/s1. The van der Waals surface area contributed by atoms with E-state index in [0.29, 0.717) is 11.4 Å². The van der Waals surface area contributed by atoms with Gasteiger partial charge in [-0.05, 0) is 55.3 Å². The highest BCUT2D eigenvalue weighted by atomic mass is 35.5. The lowest BCUT2D eigenvalue weighted by Crippen LogP contribution is -2.40. The first-order valence-electron chi connectivity index (χ1n) is 9.15. The average Bonchev–Trinajstić information content (AvgIpc) is 2.64. The van der Waals surface area contributed by atoms with Crippen LogP contribution in [0.1, 0.15) is 25.3 Å². The number of anilines is 2. The van der Waals surface area contributed by atoms with Crippen LogP contribution in [-0.2, 0) is 16.1 Å². The normalized spacial score (nSPS) is 17.3. The maximum Gasteiger partial charge on any atom is 0.228 e. The van der Waals surface area contributed by atoms with Gasteiger partial charge >= 0.3 is 0 Å². The molecule has 5 nitrogen and oxygen atoms in total.